The maximum absolute atomic E-state index is 5.59. The van der Waals surface area contributed by atoms with E-state index in [1.165, 1.54) is 0 Å². The lowest BCUT2D eigenvalue weighted by atomic mass is 10.1. The number of nitrogen functional groups attached to an aromatic ring is 1. The number of nitrogens with one attached hydrogen (secondary N) is 2. The van der Waals surface area contributed by atoms with Crippen LogP contribution in [0, 0.1) is 0 Å². The van der Waals surface area contributed by atoms with Crippen LogP contribution in [-0.2, 0) is 0 Å². The number of aromatic nitrogens is 2. The molecule has 13 heavy (non-hydrogen) atoms. The number of hydrogen-bond donors (Lipinski definition) is 2. The third-order valence-electron chi connectivity index (χ3n) is 1.83. The molecule has 1 heterocycles. The molecule has 66 valence electrons. The molecule has 0 fully saturated rings. The van der Waals surface area contributed by atoms with Gasteiger partial charge < -0.3 is 5.73 Å². The van der Waals surface area contributed by atoms with Gasteiger partial charge in [-0.25, -0.2) is 9.97 Å². The van der Waals surface area contributed by atoms with E-state index in [1.807, 2.05) is 24.3 Å². The van der Waals surface area contributed by atoms with Gasteiger partial charge in [-0.05, 0) is 24.3 Å². The zero-order chi connectivity index (χ0) is 9.26. The monoisotopic (exact) mass is 238 g/mol. The number of H-pyrrole nitrogens is 2. The quantitative estimate of drug-likeness (QED) is 0.733. The smallest absolute Gasteiger partial charge is 0.240 e. The summed E-state index contributed by atoms with van der Waals surface area (Å²) in [6.07, 6.45) is 1.77. The van der Waals surface area contributed by atoms with Gasteiger partial charge in [0.15, 0.2) is 5.69 Å². The maximum Gasteiger partial charge on any atom is 0.240 e. The van der Waals surface area contributed by atoms with Crippen molar-refractivity contribution in [3.8, 4) is 11.3 Å². The van der Waals surface area contributed by atoms with Gasteiger partial charge in [0.25, 0.3) is 0 Å². The second kappa shape index (κ2) is 3.22. The highest BCUT2D eigenvalue weighted by molar-refractivity contribution is 9.10. The van der Waals surface area contributed by atoms with Crippen LogP contribution in [-0.4, -0.2) is 4.98 Å². The summed E-state index contributed by atoms with van der Waals surface area (Å²) in [7, 11) is 0. The molecule has 0 aliphatic carbocycles. The van der Waals surface area contributed by atoms with Gasteiger partial charge >= 0.3 is 0 Å². The Hall–Kier alpha value is -1.29. The normalized spacial score (nSPS) is 10.2. The highest BCUT2D eigenvalue weighted by Crippen LogP contribution is 2.22. The number of rotatable bonds is 1. The number of benzene rings is 1. The van der Waals surface area contributed by atoms with Crippen LogP contribution in [0.25, 0.3) is 11.3 Å². The average molecular weight is 239 g/mol. The Morgan fingerprint density at radius 3 is 2.46 bits per heavy atom. The zero-order valence-corrected chi connectivity index (χ0v) is 8.43. The molecule has 0 amide bonds. The number of halogens is 1. The van der Waals surface area contributed by atoms with Crippen LogP contribution in [0.4, 0.5) is 5.69 Å². The Labute approximate surface area is 84.1 Å². The van der Waals surface area contributed by atoms with Crippen LogP contribution in [0.5, 0.6) is 0 Å². The van der Waals surface area contributed by atoms with Gasteiger partial charge in [0, 0.05) is 27.2 Å². The molecule has 1 aromatic heterocycles. The standard InChI is InChI=1S/C9H8BrN3/c10-9-8(12-5-13-9)6-1-3-7(11)4-2-6/h1-5H,11H2,(H,12,13)/p+1. The van der Waals surface area contributed by atoms with Gasteiger partial charge in [-0.1, -0.05) is 0 Å². The molecule has 2 rings (SSSR count). The van der Waals surface area contributed by atoms with E-state index in [1.54, 1.807) is 6.33 Å². The lowest BCUT2D eigenvalue weighted by Crippen LogP contribution is -1.99. The summed E-state index contributed by atoms with van der Waals surface area (Å²) in [6.45, 7) is 0. The number of anilines is 1. The van der Waals surface area contributed by atoms with Gasteiger partial charge in [0.05, 0.1) is 0 Å². The lowest BCUT2D eigenvalue weighted by molar-refractivity contribution is -0.363. The number of imidazole rings is 1. The number of aromatic amines is 2. The van der Waals surface area contributed by atoms with E-state index >= 15 is 0 Å². The Morgan fingerprint density at radius 1 is 1.23 bits per heavy atom. The summed E-state index contributed by atoms with van der Waals surface area (Å²) < 4.78 is 0.942. The second-order valence-corrected chi connectivity index (χ2v) is 3.54. The summed E-state index contributed by atoms with van der Waals surface area (Å²) in [4.78, 5) is 6.11. The number of nitrogens with two attached hydrogens (primary N) is 1. The van der Waals surface area contributed by atoms with Crippen molar-refractivity contribution in [2.75, 3.05) is 5.73 Å². The van der Waals surface area contributed by atoms with Crippen molar-refractivity contribution in [3.05, 3.63) is 35.2 Å². The molecule has 1 aromatic carbocycles. The molecular weight excluding hydrogens is 230 g/mol. The first-order chi connectivity index (χ1) is 6.27. The fraction of sp³-hybridized carbons (Fsp3) is 0. The van der Waals surface area contributed by atoms with E-state index in [2.05, 4.69) is 25.9 Å². The van der Waals surface area contributed by atoms with E-state index in [0.717, 1.165) is 21.5 Å². The molecule has 0 unspecified atom stereocenters. The summed E-state index contributed by atoms with van der Waals surface area (Å²) in [5, 5.41) is 0. The fourth-order valence-corrected chi connectivity index (χ4v) is 1.62. The predicted molar refractivity (Wildman–Crippen MR) is 54.9 cm³/mol. The van der Waals surface area contributed by atoms with Gasteiger partial charge in [0.2, 0.25) is 10.9 Å². The third kappa shape index (κ3) is 1.58. The third-order valence-corrected chi connectivity index (χ3v) is 2.46. The predicted octanol–water partition coefficient (Wildman–Crippen LogP) is 1.84. The Balaban J connectivity index is 2.47. The van der Waals surface area contributed by atoms with E-state index < -0.39 is 0 Å². The van der Waals surface area contributed by atoms with E-state index in [9.17, 15) is 0 Å². The van der Waals surface area contributed by atoms with Crippen molar-refractivity contribution in [3.63, 3.8) is 0 Å². The van der Waals surface area contributed by atoms with Crippen LogP contribution < -0.4 is 10.7 Å². The van der Waals surface area contributed by atoms with E-state index in [4.69, 9.17) is 5.73 Å². The Bertz CT molecular complexity index is 405. The molecule has 0 atom stereocenters. The SMILES string of the molecule is Nc1ccc(-c2[nH+]c[nH]c2Br)cc1. The molecule has 0 radical (unpaired) electrons. The van der Waals surface area contributed by atoms with Crippen LogP contribution in [0.2, 0.25) is 0 Å². The fourth-order valence-electron chi connectivity index (χ4n) is 1.17. The van der Waals surface area contributed by atoms with Crippen molar-refractivity contribution in [2.24, 2.45) is 0 Å². The van der Waals surface area contributed by atoms with Crippen molar-refractivity contribution >= 4 is 21.6 Å². The highest BCUT2D eigenvalue weighted by atomic mass is 79.9. The van der Waals surface area contributed by atoms with Crippen LogP contribution in [0.15, 0.2) is 35.2 Å². The van der Waals surface area contributed by atoms with E-state index in [-0.39, 0.29) is 0 Å². The van der Waals surface area contributed by atoms with Crippen molar-refractivity contribution < 1.29 is 4.98 Å². The molecule has 4 heteroatoms. The molecule has 0 saturated heterocycles. The first-order valence-corrected chi connectivity index (χ1v) is 4.67. The van der Waals surface area contributed by atoms with E-state index in [0.29, 0.717) is 0 Å². The van der Waals surface area contributed by atoms with Crippen molar-refractivity contribution in [1.29, 1.82) is 0 Å². The molecule has 0 bridgehead atoms. The van der Waals surface area contributed by atoms with Gasteiger partial charge in [-0.3, -0.25) is 0 Å². The second-order valence-electron chi connectivity index (χ2n) is 2.74. The lowest BCUT2D eigenvalue weighted by Gasteiger charge is -1.95. The molecule has 0 aliphatic rings. The summed E-state index contributed by atoms with van der Waals surface area (Å²) >= 11 is 3.40. The summed E-state index contributed by atoms with van der Waals surface area (Å²) in [6, 6.07) is 7.70. The zero-order valence-electron chi connectivity index (χ0n) is 6.84. The minimum absolute atomic E-state index is 0.774. The summed E-state index contributed by atoms with van der Waals surface area (Å²) in [5.74, 6) is 0. The average Bonchev–Trinajstić information content (AvgIpc) is 2.53. The van der Waals surface area contributed by atoms with Crippen molar-refractivity contribution in [2.45, 2.75) is 0 Å². The largest absolute Gasteiger partial charge is 0.399 e. The Kier molecular flexibility index (Phi) is 2.06. The van der Waals surface area contributed by atoms with Crippen LogP contribution in [0.3, 0.4) is 0 Å². The van der Waals surface area contributed by atoms with Crippen LogP contribution >= 0.6 is 15.9 Å². The molecule has 0 aliphatic heterocycles. The van der Waals surface area contributed by atoms with Crippen molar-refractivity contribution in [1.82, 2.24) is 4.98 Å². The molecule has 0 saturated carbocycles. The molecule has 2 aromatic rings. The molecule has 3 nitrogen and oxygen atoms in total. The first kappa shape index (κ1) is 8.31. The first-order valence-electron chi connectivity index (χ1n) is 3.88. The number of hydrogen-bond acceptors (Lipinski definition) is 1. The maximum atomic E-state index is 5.59. The highest BCUT2D eigenvalue weighted by Gasteiger charge is 2.09. The molecular formula is C9H9BrN3+. The minimum Gasteiger partial charge on any atom is -0.399 e. The van der Waals surface area contributed by atoms with Gasteiger partial charge in [0.1, 0.15) is 0 Å². The molecule has 4 N–H and O–H groups in total. The Morgan fingerprint density at radius 2 is 1.92 bits per heavy atom. The van der Waals surface area contributed by atoms with Gasteiger partial charge in [-0.15, -0.1) is 0 Å². The van der Waals surface area contributed by atoms with Gasteiger partial charge in [-0.2, -0.15) is 0 Å². The van der Waals surface area contributed by atoms with Crippen LogP contribution in [0.1, 0.15) is 0 Å². The minimum atomic E-state index is 0.774. The topological polar surface area (TPSA) is 55.9 Å². The molecule has 0 spiro atoms. The summed E-state index contributed by atoms with van der Waals surface area (Å²) in [5.41, 5.74) is 8.49.